The molecule has 55 heavy (non-hydrogen) atoms. The highest BCUT2D eigenvalue weighted by atomic mass is 15.1. The average Bonchev–Trinajstić information content (AvgIpc) is 3.71. The quantitative estimate of drug-likeness (QED) is 0.165. The van der Waals surface area contributed by atoms with Crippen molar-refractivity contribution in [2.24, 2.45) is 0 Å². The Bertz CT molecular complexity index is 3320. The summed E-state index contributed by atoms with van der Waals surface area (Å²) in [5, 5.41) is -0.0437. The molecule has 10 aromatic rings. The van der Waals surface area contributed by atoms with Gasteiger partial charge in [-0.05, 0) is 51.5 Å². The summed E-state index contributed by atoms with van der Waals surface area (Å²) in [4.78, 5) is 15.3. The topological polar surface area (TPSA) is 43.6 Å². The first-order chi connectivity index (χ1) is 30.6. The van der Waals surface area contributed by atoms with Crippen molar-refractivity contribution in [3.8, 4) is 73.2 Å². The fraction of sp³-hybridized carbons (Fsp3) is 0. The standard InChI is InChI=1S/C51H34N4/c1-4-15-35(16-5-1)37-27-31-39(32-28-37)42-23-14-26-47(55-45-24-12-10-21-43(45)44-22-11-13-25-46(44)55)48(42)51-53-49(40-19-8-3-9-20-40)52-50(54-51)41-33-29-38(30-34-41)36-17-6-2-7-18-36/h1-34H/i10D,11D,12D,13D,21D,22D,24D,25D. The Hall–Kier alpha value is -7.43. The number of benzene rings is 8. The van der Waals surface area contributed by atoms with Gasteiger partial charge in [-0.1, -0.05) is 188 Å². The predicted octanol–water partition coefficient (Wildman–Crippen LogP) is 13.0. The maximum atomic E-state index is 9.30. The molecule has 0 saturated heterocycles. The molecule has 0 N–H and O–H groups in total. The minimum absolute atomic E-state index is 0.00473. The van der Waals surface area contributed by atoms with Gasteiger partial charge in [-0.15, -0.1) is 0 Å². The molecule has 0 aliphatic carbocycles. The van der Waals surface area contributed by atoms with Gasteiger partial charge in [-0.3, -0.25) is 0 Å². The summed E-state index contributed by atoms with van der Waals surface area (Å²) in [6.45, 7) is 0. The number of hydrogen-bond acceptors (Lipinski definition) is 3. The molecule has 2 aromatic heterocycles. The van der Waals surface area contributed by atoms with Crippen molar-refractivity contribution in [3.05, 3.63) is 206 Å². The van der Waals surface area contributed by atoms with E-state index in [4.69, 9.17) is 23.2 Å². The fourth-order valence-corrected chi connectivity index (χ4v) is 7.11. The molecule has 258 valence electrons. The summed E-state index contributed by atoms with van der Waals surface area (Å²) in [5.41, 5.74) is 7.80. The lowest BCUT2D eigenvalue weighted by Crippen LogP contribution is -2.05. The highest BCUT2D eigenvalue weighted by Crippen LogP contribution is 2.41. The largest absolute Gasteiger partial charge is 0.308 e. The van der Waals surface area contributed by atoms with Crippen LogP contribution in [-0.2, 0) is 0 Å². The van der Waals surface area contributed by atoms with Crippen LogP contribution in [0.15, 0.2) is 206 Å². The van der Waals surface area contributed by atoms with E-state index in [1.807, 2.05) is 152 Å². The number of fused-ring (bicyclic) bond motifs is 3. The van der Waals surface area contributed by atoms with E-state index >= 15 is 0 Å². The molecule has 4 nitrogen and oxygen atoms in total. The summed E-state index contributed by atoms with van der Waals surface area (Å²) in [5.74, 6) is 0.999. The van der Waals surface area contributed by atoms with Gasteiger partial charge in [0.05, 0.1) is 33.3 Å². The number of rotatable bonds is 7. The van der Waals surface area contributed by atoms with Gasteiger partial charge in [0.25, 0.3) is 0 Å². The van der Waals surface area contributed by atoms with Crippen LogP contribution in [0.25, 0.3) is 95.0 Å². The second kappa shape index (κ2) is 13.8. The van der Waals surface area contributed by atoms with E-state index in [-0.39, 0.29) is 27.6 Å². The SMILES string of the molecule is [2H]c1c([2H])c([2H])c2c(c1[2H])c1c([2H])c([2H])c([2H])c([2H])c1n2-c1cccc(-c2ccc(-c3ccccc3)cc2)c1-c1nc(-c2ccccc2)nc(-c2ccc(-c3ccccc3)cc2)n1. The molecule has 10 rings (SSSR count). The highest BCUT2D eigenvalue weighted by molar-refractivity contribution is 6.10. The van der Waals surface area contributed by atoms with Crippen molar-refractivity contribution < 1.29 is 11.0 Å². The third-order valence-electron chi connectivity index (χ3n) is 9.76. The van der Waals surface area contributed by atoms with Gasteiger partial charge in [0, 0.05) is 21.9 Å². The normalized spacial score (nSPS) is 13.3. The van der Waals surface area contributed by atoms with Crippen molar-refractivity contribution in [1.82, 2.24) is 19.5 Å². The van der Waals surface area contributed by atoms with Crippen LogP contribution in [0.4, 0.5) is 0 Å². The van der Waals surface area contributed by atoms with Gasteiger partial charge in [0.1, 0.15) is 0 Å². The van der Waals surface area contributed by atoms with Gasteiger partial charge in [-0.25, -0.2) is 15.0 Å². The zero-order valence-corrected chi connectivity index (χ0v) is 29.3. The van der Waals surface area contributed by atoms with E-state index in [9.17, 15) is 2.74 Å². The smallest absolute Gasteiger partial charge is 0.166 e. The molecule has 0 fully saturated rings. The third-order valence-corrected chi connectivity index (χ3v) is 9.76. The van der Waals surface area contributed by atoms with Crippen LogP contribution in [0, 0.1) is 0 Å². The van der Waals surface area contributed by atoms with Gasteiger partial charge in [0.15, 0.2) is 17.5 Å². The second-order valence-corrected chi connectivity index (χ2v) is 13.0. The molecule has 0 saturated carbocycles. The molecule has 4 heteroatoms. The van der Waals surface area contributed by atoms with Crippen molar-refractivity contribution >= 4 is 21.8 Å². The minimum Gasteiger partial charge on any atom is -0.308 e. The van der Waals surface area contributed by atoms with Gasteiger partial charge < -0.3 is 4.57 Å². The Morgan fingerprint density at radius 3 is 1.27 bits per heavy atom. The lowest BCUT2D eigenvalue weighted by atomic mass is 9.95. The molecular weight excluding hydrogens is 669 g/mol. The Balaban J connectivity index is 1.32. The Labute approximate surface area is 331 Å². The monoisotopic (exact) mass is 710 g/mol. The first-order valence-corrected chi connectivity index (χ1v) is 17.9. The van der Waals surface area contributed by atoms with Crippen LogP contribution in [-0.4, -0.2) is 19.5 Å². The zero-order chi connectivity index (χ0) is 43.5. The van der Waals surface area contributed by atoms with Crippen LogP contribution in [0.1, 0.15) is 11.0 Å². The van der Waals surface area contributed by atoms with Crippen molar-refractivity contribution in [1.29, 1.82) is 0 Å². The lowest BCUT2D eigenvalue weighted by Gasteiger charge is -2.18. The molecule has 0 aliphatic rings. The van der Waals surface area contributed by atoms with Crippen LogP contribution in [0.3, 0.4) is 0 Å². The van der Waals surface area contributed by atoms with Crippen molar-refractivity contribution in [2.75, 3.05) is 0 Å². The number of nitrogens with zero attached hydrogens (tertiary/aromatic N) is 4. The zero-order valence-electron chi connectivity index (χ0n) is 37.3. The first-order valence-electron chi connectivity index (χ1n) is 21.9. The Morgan fingerprint density at radius 1 is 0.345 bits per heavy atom. The van der Waals surface area contributed by atoms with Crippen LogP contribution < -0.4 is 0 Å². The highest BCUT2D eigenvalue weighted by Gasteiger charge is 2.22. The van der Waals surface area contributed by atoms with E-state index in [1.165, 1.54) is 4.57 Å². The second-order valence-electron chi connectivity index (χ2n) is 13.0. The predicted molar refractivity (Wildman–Crippen MR) is 227 cm³/mol. The molecule has 0 bridgehead atoms. The average molecular weight is 711 g/mol. The first kappa shape index (κ1) is 24.7. The van der Waals surface area contributed by atoms with E-state index in [1.54, 1.807) is 6.07 Å². The van der Waals surface area contributed by atoms with E-state index in [0.29, 0.717) is 28.5 Å². The van der Waals surface area contributed by atoms with E-state index in [2.05, 4.69) is 0 Å². The van der Waals surface area contributed by atoms with E-state index < -0.39 is 48.3 Å². The molecule has 0 radical (unpaired) electrons. The summed E-state index contributed by atoms with van der Waals surface area (Å²) in [7, 11) is 0. The Kier molecular flexibility index (Phi) is 6.23. The number of hydrogen-bond donors (Lipinski definition) is 0. The number of para-hydroxylation sites is 2. The minimum atomic E-state index is -0.515. The van der Waals surface area contributed by atoms with Gasteiger partial charge in [0.2, 0.25) is 0 Å². The molecule has 0 atom stereocenters. The molecular formula is C51H34N4. The van der Waals surface area contributed by atoms with Gasteiger partial charge >= 0.3 is 0 Å². The molecule has 2 heterocycles. The molecule has 0 aliphatic heterocycles. The molecule has 8 aromatic carbocycles. The van der Waals surface area contributed by atoms with Crippen molar-refractivity contribution in [2.45, 2.75) is 0 Å². The van der Waals surface area contributed by atoms with E-state index in [0.717, 1.165) is 38.9 Å². The summed E-state index contributed by atoms with van der Waals surface area (Å²) >= 11 is 0. The number of aromatic nitrogens is 4. The Morgan fingerprint density at radius 2 is 0.745 bits per heavy atom. The summed E-state index contributed by atoms with van der Waals surface area (Å²) in [6.07, 6.45) is 0. The lowest BCUT2D eigenvalue weighted by molar-refractivity contribution is 1.06. The third kappa shape index (κ3) is 5.96. The summed E-state index contributed by atoms with van der Waals surface area (Å²) in [6, 6.07) is 47.4. The molecule has 0 unspecified atom stereocenters. The fourth-order valence-electron chi connectivity index (χ4n) is 7.11. The molecule has 0 amide bonds. The van der Waals surface area contributed by atoms with Crippen LogP contribution in [0.5, 0.6) is 0 Å². The maximum absolute atomic E-state index is 9.30. The van der Waals surface area contributed by atoms with Crippen molar-refractivity contribution in [3.63, 3.8) is 0 Å². The molecule has 0 spiro atoms. The van der Waals surface area contributed by atoms with Gasteiger partial charge in [-0.2, -0.15) is 0 Å². The summed E-state index contributed by atoms with van der Waals surface area (Å²) < 4.78 is 73.1. The van der Waals surface area contributed by atoms with Crippen LogP contribution in [0.2, 0.25) is 0 Å². The maximum Gasteiger partial charge on any atom is 0.166 e. The van der Waals surface area contributed by atoms with Crippen LogP contribution >= 0.6 is 0 Å².